The number of carbonyl (C=O) groups excluding carboxylic acids is 2. The predicted molar refractivity (Wildman–Crippen MR) is 251 cm³/mol. The molecular weight excluding hydrogens is 1100 g/mol. The number of phenolic OH excluding ortho intramolecular Hbond substituents is 1. The van der Waals surface area contributed by atoms with E-state index in [1.54, 1.807) is 0 Å². The number of hydrogen-bond acceptors (Lipinski definition) is 12. The summed E-state index contributed by atoms with van der Waals surface area (Å²) in [6, 6.07) is 13.2. The summed E-state index contributed by atoms with van der Waals surface area (Å²) in [6.07, 6.45) is -6.59. The van der Waals surface area contributed by atoms with E-state index in [4.69, 9.17) is 18.5 Å². The molecule has 0 amide bonds. The molecule has 0 fully saturated rings. The Kier molecular flexibility index (Phi) is 21.3. The van der Waals surface area contributed by atoms with Gasteiger partial charge in [-0.3, -0.25) is 4.79 Å². The van der Waals surface area contributed by atoms with Gasteiger partial charge in [0.15, 0.2) is 22.6 Å². The van der Waals surface area contributed by atoms with Crippen LogP contribution in [-0.2, 0) is 57.1 Å². The SMILES string of the molecule is CCCc1cc2c(C(F)(F)F)noc2c(CCC)c1O.CCCc1cc2c(C(F)(F)F)noc2c(CCC)c1OC(C(=O)OC)c1ccc(SC(F)(F)F)cc1.COC(=O)C(Br)c1ccc(SC(F)(F)F)cc1. The smallest absolute Gasteiger partial charge is 0.446 e. The number of nitrogens with zero attached hydrogens (tertiary/aromatic N) is 2. The van der Waals surface area contributed by atoms with Crippen LogP contribution in [-0.4, -0.2) is 52.6 Å². The number of thioether (sulfide) groups is 2. The Morgan fingerprint density at radius 3 is 1.41 bits per heavy atom. The van der Waals surface area contributed by atoms with Crippen molar-refractivity contribution in [1.29, 1.82) is 0 Å². The van der Waals surface area contributed by atoms with Crippen molar-refractivity contribution in [2.24, 2.45) is 0 Å². The third-order valence-electron chi connectivity index (χ3n) is 10.3. The fourth-order valence-electron chi connectivity index (χ4n) is 7.21. The highest BCUT2D eigenvalue weighted by molar-refractivity contribution is 9.09. The molecule has 0 saturated heterocycles. The molecule has 1 N–H and O–H groups in total. The lowest BCUT2D eigenvalue weighted by molar-refractivity contribution is -0.149. The van der Waals surface area contributed by atoms with Gasteiger partial charge in [-0.2, -0.15) is 52.7 Å². The first-order valence-electron chi connectivity index (χ1n) is 22.0. The van der Waals surface area contributed by atoms with E-state index in [2.05, 4.69) is 31.0 Å². The highest BCUT2D eigenvalue weighted by Crippen LogP contribution is 2.44. The van der Waals surface area contributed by atoms with Gasteiger partial charge in [0, 0.05) is 26.5 Å². The average molecular weight is 1150 g/mol. The molecule has 25 heteroatoms. The number of benzene rings is 4. The van der Waals surface area contributed by atoms with Crippen molar-refractivity contribution < 1.29 is 90.6 Å². The Balaban J connectivity index is 0.000000262. The summed E-state index contributed by atoms with van der Waals surface area (Å²) in [5, 5.41) is 16.3. The lowest BCUT2D eigenvalue weighted by Crippen LogP contribution is -2.21. The minimum atomic E-state index is -4.73. The molecule has 6 aromatic rings. The summed E-state index contributed by atoms with van der Waals surface area (Å²) >= 11 is 2.59. The maximum atomic E-state index is 13.5. The fraction of sp³-hybridized carbons (Fsp3) is 0.417. The van der Waals surface area contributed by atoms with Gasteiger partial charge >= 0.3 is 35.3 Å². The standard InChI is InChI=1S/C24H23F6NO4S.C14H16F3NO2.C10H8BrF3O2S/c1-4-6-14-12-17-20(35-31-21(17)23(25,26)27)16(7-5-2)18(14)34-19(22(32)33-3)13-8-10-15(11-9-13)36-24(28,29)30;1-3-5-8-7-10-12(9(6-4-2)11(8)19)20-18-13(10)14(15,16)17;1-16-9(15)8(11)6-2-4-7(5-3-6)17-10(12,13)14/h8-12,19H,4-7H2,1-3H3;7,19H,3-6H2,1-2H3;2-5,8H,1H3. The molecule has 10 nitrogen and oxygen atoms in total. The third kappa shape index (κ3) is 16.3. The van der Waals surface area contributed by atoms with Gasteiger partial charge in [-0.05, 0) is 102 Å². The average Bonchev–Trinajstić information content (AvgIpc) is 3.95. The molecule has 0 aliphatic rings. The van der Waals surface area contributed by atoms with Crippen molar-refractivity contribution in [3.05, 3.63) is 105 Å². The van der Waals surface area contributed by atoms with Crippen LogP contribution >= 0.6 is 39.5 Å². The maximum absolute atomic E-state index is 13.5. The second kappa shape index (κ2) is 25.8. The van der Waals surface area contributed by atoms with Crippen LogP contribution in [0.25, 0.3) is 21.9 Å². The number of rotatable bonds is 16. The molecule has 0 aliphatic heterocycles. The van der Waals surface area contributed by atoms with Crippen molar-refractivity contribution in [3.63, 3.8) is 0 Å². The van der Waals surface area contributed by atoms with Gasteiger partial charge in [-0.15, -0.1) is 0 Å². The molecule has 2 unspecified atom stereocenters. The van der Waals surface area contributed by atoms with Crippen LogP contribution in [0.5, 0.6) is 11.5 Å². The van der Waals surface area contributed by atoms with Crippen LogP contribution < -0.4 is 4.74 Å². The van der Waals surface area contributed by atoms with Crippen molar-refractivity contribution in [3.8, 4) is 11.5 Å². The molecule has 2 heterocycles. The number of ether oxygens (including phenoxy) is 3. The summed E-state index contributed by atoms with van der Waals surface area (Å²) in [4.78, 5) is 23.1. The molecule has 2 atom stereocenters. The number of hydrogen-bond donors (Lipinski definition) is 1. The Morgan fingerprint density at radius 1 is 0.603 bits per heavy atom. The zero-order valence-corrected chi connectivity index (χ0v) is 42.7. The first-order chi connectivity index (χ1) is 34.1. The molecule has 0 aliphatic carbocycles. The number of halogens is 13. The highest BCUT2D eigenvalue weighted by atomic mass is 79.9. The van der Waals surface area contributed by atoms with E-state index in [1.165, 1.54) is 67.8 Å². The first-order valence-corrected chi connectivity index (χ1v) is 24.6. The second-order valence-corrected chi connectivity index (χ2v) is 18.9. The van der Waals surface area contributed by atoms with Gasteiger partial charge in [-0.25, -0.2) is 4.79 Å². The van der Waals surface area contributed by atoms with E-state index in [-0.39, 0.29) is 78.7 Å². The number of phenols is 1. The number of aryl methyl sites for hydroxylation is 4. The summed E-state index contributed by atoms with van der Waals surface area (Å²) < 4.78 is 179. The van der Waals surface area contributed by atoms with Crippen LogP contribution in [0.3, 0.4) is 0 Å². The van der Waals surface area contributed by atoms with Gasteiger partial charge in [0.25, 0.3) is 0 Å². The number of alkyl halides is 13. The number of fused-ring (bicyclic) bond motifs is 2. The Labute approximate surface area is 426 Å². The second-order valence-electron chi connectivity index (χ2n) is 15.7. The van der Waals surface area contributed by atoms with Crippen LogP contribution in [0.2, 0.25) is 0 Å². The van der Waals surface area contributed by atoms with Gasteiger partial charge < -0.3 is 28.4 Å². The molecule has 2 aromatic heterocycles. The summed E-state index contributed by atoms with van der Waals surface area (Å²) in [6.45, 7) is 7.44. The Bertz CT molecular complexity index is 2780. The van der Waals surface area contributed by atoms with E-state index in [0.29, 0.717) is 66.3 Å². The van der Waals surface area contributed by atoms with E-state index < -0.39 is 57.6 Å². The summed E-state index contributed by atoms with van der Waals surface area (Å²) in [5.74, 6) is -1.13. The normalized spacial score (nSPS) is 12.9. The van der Waals surface area contributed by atoms with Gasteiger partial charge in [0.1, 0.15) is 16.3 Å². The quantitative estimate of drug-likeness (QED) is 0.0428. The van der Waals surface area contributed by atoms with E-state index in [1.807, 2.05) is 27.7 Å². The summed E-state index contributed by atoms with van der Waals surface area (Å²) in [5.41, 5.74) is -8.60. The van der Waals surface area contributed by atoms with Crippen molar-refractivity contribution in [2.45, 2.75) is 123 Å². The molecule has 0 bridgehead atoms. The zero-order valence-electron chi connectivity index (χ0n) is 39.5. The Hall–Kier alpha value is -5.30. The number of aromatic nitrogens is 2. The monoisotopic (exact) mass is 1150 g/mol. The topological polar surface area (TPSA) is 134 Å². The van der Waals surface area contributed by atoms with Crippen molar-refractivity contribution >= 4 is 73.3 Å². The zero-order chi connectivity index (χ0) is 54.6. The highest BCUT2D eigenvalue weighted by Gasteiger charge is 2.40. The first kappa shape index (κ1) is 60.3. The van der Waals surface area contributed by atoms with Gasteiger partial charge in [0.05, 0.1) is 25.0 Å². The van der Waals surface area contributed by atoms with Crippen LogP contribution in [0, 0.1) is 0 Å². The molecule has 0 spiro atoms. The molecule has 6 rings (SSSR count). The third-order valence-corrected chi connectivity index (χ3v) is 12.6. The van der Waals surface area contributed by atoms with E-state index in [9.17, 15) is 67.4 Å². The minimum absolute atomic E-state index is 0.0334. The Morgan fingerprint density at radius 2 is 1.00 bits per heavy atom. The molecule has 4 aromatic carbocycles. The van der Waals surface area contributed by atoms with E-state index in [0.717, 1.165) is 13.5 Å². The fourth-order valence-corrected chi connectivity index (χ4v) is 8.78. The summed E-state index contributed by atoms with van der Waals surface area (Å²) in [7, 11) is 2.37. The molecule has 0 radical (unpaired) electrons. The molecule has 73 heavy (non-hydrogen) atoms. The van der Waals surface area contributed by atoms with Crippen LogP contribution in [0.4, 0.5) is 52.7 Å². The minimum Gasteiger partial charge on any atom is -0.507 e. The molecule has 0 saturated carbocycles. The van der Waals surface area contributed by atoms with E-state index >= 15 is 0 Å². The van der Waals surface area contributed by atoms with Crippen molar-refractivity contribution in [1.82, 2.24) is 10.3 Å². The lowest BCUT2D eigenvalue weighted by atomic mass is 9.97. The number of carbonyl (C=O) groups is 2. The lowest BCUT2D eigenvalue weighted by Gasteiger charge is -2.22. The maximum Gasteiger partial charge on any atom is 0.446 e. The molecule has 400 valence electrons. The van der Waals surface area contributed by atoms with Gasteiger partial charge in [-0.1, -0.05) is 104 Å². The van der Waals surface area contributed by atoms with Crippen molar-refractivity contribution in [2.75, 3.05) is 14.2 Å². The van der Waals surface area contributed by atoms with Gasteiger partial charge in [0.2, 0.25) is 6.10 Å². The van der Waals surface area contributed by atoms with Crippen LogP contribution in [0.15, 0.2) is 79.5 Å². The number of methoxy groups -OCH3 is 2. The molecular formula is C48H47BrF12N2O8S2. The predicted octanol–water partition coefficient (Wildman–Crippen LogP) is 16.0. The number of aromatic hydroxyl groups is 1. The largest absolute Gasteiger partial charge is 0.507 e. The number of esters is 2. The van der Waals surface area contributed by atoms with Crippen LogP contribution in [0.1, 0.15) is 109 Å².